The Kier molecular flexibility index (Phi) is 2.70. The van der Waals surface area contributed by atoms with Crippen LogP contribution in [0.3, 0.4) is 0 Å². The third kappa shape index (κ3) is 2.00. The molecule has 76 valence electrons. The van der Waals surface area contributed by atoms with Gasteiger partial charge in [0.15, 0.2) is 0 Å². The standard InChI is InChI=1S/C7H11N5O2/c1-4-5(3-9-12(4)2)6(13)10-11-7(8)14/h3H,1-2H3,(H,10,13)(H3,8,11,14). The average Bonchev–Trinajstić information content (AvgIpc) is 2.44. The second-order valence-corrected chi connectivity index (χ2v) is 2.71. The zero-order valence-corrected chi connectivity index (χ0v) is 7.87. The van der Waals surface area contributed by atoms with E-state index < -0.39 is 11.9 Å². The molecule has 7 nitrogen and oxygen atoms in total. The van der Waals surface area contributed by atoms with Crippen molar-refractivity contribution in [2.24, 2.45) is 12.8 Å². The molecule has 0 unspecified atom stereocenters. The van der Waals surface area contributed by atoms with E-state index in [9.17, 15) is 9.59 Å². The number of hydrogen-bond acceptors (Lipinski definition) is 3. The van der Waals surface area contributed by atoms with Crippen LogP contribution in [0.5, 0.6) is 0 Å². The quantitative estimate of drug-likeness (QED) is 0.505. The topological polar surface area (TPSA) is 102 Å². The molecule has 0 aliphatic heterocycles. The van der Waals surface area contributed by atoms with Crippen molar-refractivity contribution in [2.75, 3.05) is 0 Å². The summed E-state index contributed by atoms with van der Waals surface area (Å²) >= 11 is 0. The summed E-state index contributed by atoms with van der Waals surface area (Å²) in [6.07, 6.45) is 1.41. The van der Waals surface area contributed by atoms with Gasteiger partial charge < -0.3 is 5.73 Å². The van der Waals surface area contributed by atoms with Crippen molar-refractivity contribution in [1.82, 2.24) is 20.6 Å². The Hall–Kier alpha value is -2.05. The fourth-order valence-corrected chi connectivity index (χ4v) is 0.907. The number of carbonyl (C=O) groups is 2. The summed E-state index contributed by atoms with van der Waals surface area (Å²) < 4.78 is 1.55. The van der Waals surface area contributed by atoms with Crippen LogP contribution in [0, 0.1) is 6.92 Å². The van der Waals surface area contributed by atoms with Gasteiger partial charge in [-0.1, -0.05) is 0 Å². The highest BCUT2D eigenvalue weighted by Crippen LogP contribution is 2.04. The zero-order chi connectivity index (χ0) is 10.7. The van der Waals surface area contributed by atoms with Crippen molar-refractivity contribution in [3.63, 3.8) is 0 Å². The molecule has 0 spiro atoms. The number of primary amides is 1. The molecular weight excluding hydrogens is 186 g/mol. The van der Waals surface area contributed by atoms with Gasteiger partial charge in [-0.05, 0) is 6.92 Å². The molecular formula is C7H11N5O2. The molecule has 1 aromatic heterocycles. The van der Waals surface area contributed by atoms with E-state index in [1.54, 1.807) is 18.7 Å². The number of aryl methyl sites for hydroxylation is 1. The largest absolute Gasteiger partial charge is 0.350 e. The summed E-state index contributed by atoms with van der Waals surface area (Å²) in [7, 11) is 1.72. The number of aromatic nitrogens is 2. The fraction of sp³-hybridized carbons (Fsp3) is 0.286. The van der Waals surface area contributed by atoms with Crippen LogP contribution in [0.2, 0.25) is 0 Å². The Morgan fingerprint density at radius 1 is 1.50 bits per heavy atom. The molecule has 14 heavy (non-hydrogen) atoms. The summed E-state index contributed by atoms with van der Waals surface area (Å²) in [5.41, 5.74) is 9.99. The normalized spacial score (nSPS) is 9.57. The van der Waals surface area contributed by atoms with Gasteiger partial charge in [0.2, 0.25) is 0 Å². The van der Waals surface area contributed by atoms with Gasteiger partial charge in [0, 0.05) is 12.7 Å². The molecule has 0 aliphatic carbocycles. The molecule has 3 amide bonds. The molecule has 7 heteroatoms. The Morgan fingerprint density at radius 2 is 2.14 bits per heavy atom. The smallest absolute Gasteiger partial charge is 0.330 e. The average molecular weight is 197 g/mol. The van der Waals surface area contributed by atoms with E-state index in [4.69, 9.17) is 5.73 Å². The van der Waals surface area contributed by atoms with E-state index in [1.807, 2.05) is 5.43 Å². The first-order valence-electron chi connectivity index (χ1n) is 3.86. The van der Waals surface area contributed by atoms with Crippen LogP contribution < -0.4 is 16.6 Å². The highest BCUT2D eigenvalue weighted by atomic mass is 16.2. The van der Waals surface area contributed by atoms with Crippen LogP contribution in [0.1, 0.15) is 16.1 Å². The van der Waals surface area contributed by atoms with Gasteiger partial charge in [-0.3, -0.25) is 14.9 Å². The maximum absolute atomic E-state index is 11.3. The number of urea groups is 1. The summed E-state index contributed by atoms with van der Waals surface area (Å²) in [5, 5.41) is 3.88. The first-order valence-corrected chi connectivity index (χ1v) is 3.86. The van der Waals surface area contributed by atoms with Crippen LogP contribution in [0.4, 0.5) is 4.79 Å². The molecule has 0 bridgehead atoms. The molecule has 0 aliphatic rings. The highest BCUT2D eigenvalue weighted by molar-refractivity contribution is 5.95. The van der Waals surface area contributed by atoms with Crippen LogP contribution in [-0.4, -0.2) is 21.7 Å². The molecule has 0 radical (unpaired) electrons. The van der Waals surface area contributed by atoms with Crippen molar-refractivity contribution in [3.8, 4) is 0 Å². The van der Waals surface area contributed by atoms with Crippen LogP contribution in [0.25, 0.3) is 0 Å². The fourth-order valence-electron chi connectivity index (χ4n) is 0.907. The minimum absolute atomic E-state index is 0.390. The minimum atomic E-state index is -0.820. The van der Waals surface area contributed by atoms with Gasteiger partial charge in [-0.2, -0.15) is 5.10 Å². The SMILES string of the molecule is Cc1c(C(=O)NNC(N)=O)cnn1C. The number of amides is 3. The van der Waals surface area contributed by atoms with Gasteiger partial charge in [0.25, 0.3) is 5.91 Å². The van der Waals surface area contributed by atoms with E-state index in [2.05, 4.69) is 10.5 Å². The number of nitrogens with two attached hydrogens (primary N) is 1. The molecule has 4 N–H and O–H groups in total. The lowest BCUT2D eigenvalue weighted by molar-refractivity contribution is 0.0936. The van der Waals surface area contributed by atoms with Gasteiger partial charge in [0.05, 0.1) is 11.8 Å². The van der Waals surface area contributed by atoms with Crippen molar-refractivity contribution < 1.29 is 9.59 Å². The van der Waals surface area contributed by atoms with E-state index in [0.717, 1.165) is 0 Å². The Labute approximate surface area is 80.2 Å². The minimum Gasteiger partial charge on any atom is -0.350 e. The van der Waals surface area contributed by atoms with Gasteiger partial charge in [-0.25, -0.2) is 10.2 Å². The first-order chi connectivity index (χ1) is 6.52. The molecule has 0 fully saturated rings. The number of nitrogens with zero attached hydrogens (tertiary/aromatic N) is 2. The first kappa shape index (κ1) is 10.0. The maximum atomic E-state index is 11.3. The molecule has 0 atom stereocenters. The number of hydrogen-bond donors (Lipinski definition) is 3. The molecule has 1 heterocycles. The van der Waals surface area contributed by atoms with Gasteiger partial charge in [-0.15, -0.1) is 0 Å². The van der Waals surface area contributed by atoms with Crippen LogP contribution in [0.15, 0.2) is 6.20 Å². The maximum Gasteiger partial charge on any atom is 0.330 e. The van der Waals surface area contributed by atoms with Crippen molar-refractivity contribution >= 4 is 11.9 Å². The van der Waals surface area contributed by atoms with E-state index in [0.29, 0.717) is 11.3 Å². The van der Waals surface area contributed by atoms with Crippen LogP contribution >= 0.6 is 0 Å². The molecule has 1 rings (SSSR count). The predicted octanol–water partition coefficient (Wildman–Crippen LogP) is -0.958. The monoisotopic (exact) mass is 197 g/mol. The third-order valence-electron chi connectivity index (χ3n) is 1.78. The Morgan fingerprint density at radius 3 is 2.57 bits per heavy atom. The highest BCUT2D eigenvalue weighted by Gasteiger charge is 2.12. The van der Waals surface area contributed by atoms with Crippen LogP contribution in [-0.2, 0) is 7.05 Å². The van der Waals surface area contributed by atoms with Gasteiger partial charge in [0.1, 0.15) is 0 Å². The van der Waals surface area contributed by atoms with Gasteiger partial charge >= 0.3 is 6.03 Å². The summed E-state index contributed by atoms with van der Waals surface area (Å²) in [6, 6.07) is -0.820. The number of rotatable bonds is 1. The summed E-state index contributed by atoms with van der Waals surface area (Å²) in [4.78, 5) is 21.6. The molecule has 0 aromatic carbocycles. The van der Waals surface area contributed by atoms with E-state index >= 15 is 0 Å². The molecule has 0 saturated heterocycles. The number of carbonyl (C=O) groups excluding carboxylic acids is 2. The lowest BCUT2D eigenvalue weighted by Gasteiger charge is -2.03. The molecule has 0 saturated carbocycles. The van der Waals surface area contributed by atoms with E-state index in [1.165, 1.54) is 6.20 Å². The Bertz CT molecular complexity index is 370. The second kappa shape index (κ2) is 3.77. The van der Waals surface area contributed by atoms with Crippen molar-refractivity contribution in [1.29, 1.82) is 0 Å². The summed E-state index contributed by atoms with van der Waals surface area (Å²) in [6.45, 7) is 1.74. The van der Waals surface area contributed by atoms with Crippen molar-refractivity contribution in [3.05, 3.63) is 17.5 Å². The predicted molar refractivity (Wildman–Crippen MR) is 48.1 cm³/mol. The molecule has 1 aromatic rings. The zero-order valence-electron chi connectivity index (χ0n) is 7.87. The Balaban J connectivity index is 2.70. The lowest BCUT2D eigenvalue weighted by atomic mass is 10.2. The second-order valence-electron chi connectivity index (χ2n) is 2.71. The van der Waals surface area contributed by atoms with E-state index in [-0.39, 0.29) is 0 Å². The summed E-state index contributed by atoms with van der Waals surface area (Å²) in [5.74, 6) is -0.450. The third-order valence-corrected chi connectivity index (χ3v) is 1.78. The van der Waals surface area contributed by atoms with Crippen molar-refractivity contribution in [2.45, 2.75) is 6.92 Å². The number of hydrazine groups is 1. The lowest BCUT2D eigenvalue weighted by Crippen LogP contribution is -2.44. The number of nitrogens with one attached hydrogen (secondary N) is 2.